The second kappa shape index (κ2) is 4.66. The van der Waals surface area contributed by atoms with Crippen LogP contribution in [-0.2, 0) is 9.53 Å². The summed E-state index contributed by atoms with van der Waals surface area (Å²) >= 11 is 0. The Morgan fingerprint density at radius 1 is 1.38 bits per heavy atom. The van der Waals surface area contributed by atoms with Gasteiger partial charge in [0.05, 0.1) is 7.11 Å². The first-order valence-electron chi connectivity index (χ1n) is 5.57. The summed E-state index contributed by atoms with van der Waals surface area (Å²) in [5.41, 5.74) is 1.22. The van der Waals surface area contributed by atoms with E-state index >= 15 is 0 Å². The van der Waals surface area contributed by atoms with E-state index in [1.807, 2.05) is 25.2 Å². The number of benzene rings is 1. The third-order valence-electron chi connectivity index (χ3n) is 3.32. The number of methoxy groups -OCH3 is 1. The Bertz CT molecular complexity index is 363. The van der Waals surface area contributed by atoms with Gasteiger partial charge in [-0.3, -0.25) is 9.69 Å². The number of rotatable bonds is 2. The average Bonchev–Trinajstić information content (AvgIpc) is 2.71. The number of hydrogen-bond donors (Lipinski definition) is 0. The number of esters is 1. The summed E-state index contributed by atoms with van der Waals surface area (Å²) in [6, 6.07) is 10.1. The fraction of sp³-hybridized carbons (Fsp3) is 0.462. The zero-order valence-electron chi connectivity index (χ0n) is 9.72. The highest BCUT2D eigenvalue weighted by Crippen LogP contribution is 2.32. The molecule has 1 heterocycles. The van der Waals surface area contributed by atoms with Crippen molar-refractivity contribution in [1.29, 1.82) is 0 Å². The van der Waals surface area contributed by atoms with Crippen molar-refractivity contribution in [3.63, 3.8) is 0 Å². The topological polar surface area (TPSA) is 29.5 Å². The molecule has 16 heavy (non-hydrogen) atoms. The van der Waals surface area contributed by atoms with Crippen molar-refractivity contribution in [1.82, 2.24) is 4.90 Å². The van der Waals surface area contributed by atoms with Gasteiger partial charge in [-0.2, -0.15) is 0 Å². The van der Waals surface area contributed by atoms with Crippen LogP contribution < -0.4 is 0 Å². The number of hydrogen-bond acceptors (Lipinski definition) is 3. The predicted molar refractivity (Wildman–Crippen MR) is 62.2 cm³/mol. The van der Waals surface area contributed by atoms with Crippen molar-refractivity contribution in [2.75, 3.05) is 20.7 Å². The van der Waals surface area contributed by atoms with E-state index in [0.29, 0.717) is 0 Å². The van der Waals surface area contributed by atoms with Crippen molar-refractivity contribution >= 4 is 5.97 Å². The Balaban J connectivity index is 2.24. The van der Waals surface area contributed by atoms with Crippen molar-refractivity contribution < 1.29 is 9.53 Å². The normalized spacial score (nSPS) is 25.6. The maximum absolute atomic E-state index is 11.7. The van der Waals surface area contributed by atoms with Gasteiger partial charge in [-0.25, -0.2) is 0 Å². The quantitative estimate of drug-likeness (QED) is 0.708. The van der Waals surface area contributed by atoms with Crippen LogP contribution >= 0.6 is 0 Å². The largest absolute Gasteiger partial charge is 0.468 e. The minimum atomic E-state index is -0.132. The van der Waals surface area contributed by atoms with Crippen LogP contribution in [0.1, 0.15) is 17.9 Å². The van der Waals surface area contributed by atoms with Gasteiger partial charge < -0.3 is 4.74 Å². The minimum Gasteiger partial charge on any atom is -0.468 e. The lowest BCUT2D eigenvalue weighted by molar-refractivity contribution is -0.145. The highest BCUT2D eigenvalue weighted by molar-refractivity contribution is 5.77. The van der Waals surface area contributed by atoms with E-state index in [9.17, 15) is 4.79 Å². The summed E-state index contributed by atoms with van der Waals surface area (Å²) in [7, 11) is 3.43. The fourth-order valence-corrected chi connectivity index (χ4v) is 2.46. The van der Waals surface area contributed by atoms with E-state index in [-0.39, 0.29) is 17.9 Å². The number of ether oxygens (including phenoxy) is 1. The first kappa shape index (κ1) is 11.1. The smallest absolute Gasteiger partial charge is 0.323 e. The first-order chi connectivity index (χ1) is 7.74. The second-order valence-electron chi connectivity index (χ2n) is 4.25. The Kier molecular flexibility index (Phi) is 3.25. The fourth-order valence-electron chi connectivity index (χ4n) is 2.46. The van der Waals surface area contributed by atoms with E-state index < -0.39 is 0 Å². The van der Waals surface area contributed by atoms with Gasteiger partial charge >= 0.3 is 5.97 Å². The molecule has 2 rings (SSSR count). The molecule has 1 aromatic rings. The molecule has 1 aromatic carbocycles. The molecule has 0 aliphatic carbocycles. The van der Waals surface area contributed by atoms with Crippen molar-refractivity contribution in [3.05, 3.63) is 35.9 Å². The van der Waals surface area contributed by atoms with Gasteiger partial charge in [0.2, 0.25) is 0 Å². The number of carbonyl (C=O) groups excluding carboxylic acids is 1. The van der Waals surface area contributed by atoms with Crippen molar-refractivity contribution in [2.24, 2.45) is 0 Å². The Morgan fingerprint density at radius 3 is 2.69 bits per heavy atom. The van der Waals surface area contributed by atoms with Crippen LogP contribution in [0.3, 0.4) is 0 Å². The lowest BCUT2D eigenvalue weighted by Gasteiger charge is -2.22. The number of likely N-dealkylation sites (N-methyl/N-ethyl adjacent to an activating group) is 1. The van der Waals surface area contributed by atoms with Gasteiger partial charge in [-0.15, -0.1) is 0 Å². The number of nitrogens with zero attached hydrogens (tertiary/aromatic N) is 1. The minimum absolute atomic E-state index is 0.131. The summed E-state index contributed by atoms with van der Waals surface area (Å²) < 4.78 is 4.88. The van der Waals surface area contributed by atoms with Crippen LogP contribution in [0, 0.1) is 0 Å². The Morgan fingerprint density at radius 2 is 2.06 bits per heavy atom. The molecule has 0 saturated carbocycles. The van der Waals surface area contributed by atoms with Crippen LogP contribution in [0.4, 0.5) is 0 Å². The van der Waals surface area contributed by atoms with Gasteiger partial charge in [0.25, 0.3) is 0 Å². The second-order valence-corrected chi connectivity index (χ2v) is 4.25. The molecule has 1 saturated heterocycles. The maximum atomic E-state index is 11.7. The van der Waals surface area contributed by atoms with Gasteiger partial charge in [-0.05, 0) is 25.6 Å². The molecule has 3 nitrogen and oxygen atoms in total. The van der Waals surface area contributed by atoms with Gasteiger partial charge in [0, 0.05) is 5.92 Å². The third-order valence-corrected chi connectivity index (χ3v) is 3.32. The summed E-state index contributed by atoms with van der Waals surface area (Å²) in [4.78, 5) is 13.8. The van der Waals surface area contributed by atoms with Gasteiger partial charge in [0.15, 0.2) is 0 Å². The molecule has 0 unspecified atom stereocenters. The molecule has 0 radical (unpaired) electrons. The molecule has 0 amide bonds. The Labute approximate surface area is 96.0 Å². The highest BCUT2D eigenvalue weighted by Gasteiger charge is 2.38. The lowest BCUT2D eigenvalue weighted by atomic mass is 9.92. The molecule has 3 heteroatoms. The lowest BCUT2D eigenvalue weighted by Crippen LogP contribution is -2.37. The monoisotopic (exact) mass is 219 g/mol. The molecular weight excluding hydrogens is 202 g/mol. The summed E-state index contributed by atoms with van der Waals surface area (Å²) in [5.74, 6) is 0.132. The molecule has 0 aromatic heterocycles. The average molecular weight is 219 g/mol. The van der Waals surface area contributed by atoms with E-state index in [1.165, 1.54) is 12.7 Å². The van der Waals surface area contributed by atoms with Crippen LogP contribution in [0.2, 0.25) is 0 Å². The summed E-state index contributed by atoms with van der Waals surface area (Å²) in [5, 5.41) is 0. The molecular formula is C13H17NO2. The molecule has 1 aliphatic rings. The molecule has 0 N–H and O–H groups in total. The molecule has 1 fully saturated rings. The van der Waals surface area contributed by atoms with Gasteiger partial charge in [0.1, 0.15) is 6.04 Å². The van der Waals surface area contributed by atoms with Gasteiger partial charge in [-0.1, -0.05) is 30.3 Å². The van der Waals surface area contributed by atoms with E-state index in [2.05, 4.69) is 17.0 Å². The molecule has 0 bridgehead atoms. The summed E-state index contributed by atoms with van der Waals surface area (Å²) in [6.07, 6.45) is 1.01. The molecule has 0 spiro atoms. The van der Waals surface area contributed by atoms with E-state index in [0.717, 1.165) is 13.0 Å². The van der Waals surface area contributed by atoms with Crippen LogP contribution in [0.15, 0.2) is 30.3 Å². The number of likely N-dealkylation sites (tertiary alicyclic amines) is 1. The maximum Gasteiger partial charge on any atom is 0.323 e. The highest BCUT2D eigenvalue weighted by atomic mass is 16.5. The molecule has 2 atom stereocenters. The van der Waals surface area contributed by atoms with Crippen molar-refractivity contribution in [2.45, 2.75) is 18.4 Å². The van der Waals surface area contributed by atoms with Crippen LogP contribution in [0.5, 0.6) is 0 Å². The van der Waals surface area contributed by atoms with E-state index in [1.54, 1.807) is 0 Å². The predicted octanol–water partition coefficient (Wildman–Crippen LogP) is 1.65. The zero-order chi connectivity index (χ0) is 11.5. The van der Waals surface area contributed by atoms with Crippen LogP contribution in [0.25, 0.3) is 0 Å². The number of carbonyl (C=O) groups is 1. The first-order valence-corrected chi connectivity index (χ1v) is 5.57. The molecule has 86 valence electrons. The van der Waals surface area contributed by atoms with E-state index in [4.69, 9.17) is 4.74 Å². The summed E-state index contributed by atoms with van der Waals surface area (Å²) in [6.45, 7) is 0.944. The van der Waals surface area contributed by atoms with Crippen LogP contribution in [-0.4, -0.2) is 37.6 Å². The zero-order valence-corrected chi connectivity index (χ0v) is 9.72. The Hall–Kier alpha value is -1.35. The molecule has 1 aliphatic heterocycles. The standard InChI is InChI=1S/C13H17NO2/c1-14-9-8-11(12(14)13(15)16-2)10-6-4-3-5-7-10/h3-7,11-12H,8-9H2,1-2H3/t11-,12-/m0/s1. The van der Waals surface area contributed by atoms with Crippen molar-refractivity contribution in [3.8, 4) is 0 Å². The SMILES string of the molecule is COC(=O)[C@@H]1[C@H](c2ccccc2)CCN1C. The third kappa shape index (κ3) is 1.95.